The Morgan fingerprint density at radius 1 is 0.241 bits per heavy atom. The topological polar surface area (TPSA) is 40.5 Å². The second-order valence-electron chi connectivity index (χ2n) is 14.3. The highest BCUT2D eigenvalue weighted by Crippen LogP contribution is 2.44. The summed E-state index contributed by atoms with van der Waals surface area (Å²) in [7, 11) is 0. The van der Waals surface area contributed by atoms with E-state index in [1.807, 2.05) is 121 Å². The monoisotopic (exact) mass is 692 g/mol. The Morgan fingerprint density at radius 3 is 0.815 bits per heavy atom. The van der Waals surface area contributed by atoms with Crippen LogP contribution in [0, 0.1) is 0 Å². The van der Waals surface area contributed by atoms with E-state index >= 15 is 0 Å². The summed E-state index contributed by atoms with van der Waals surface area (Å²) >= 11 is 0. The molecule has 0 aromatic heterocycles. The van der Waals surface area contributed by atoms with E-state index in [0.717, 1.165) is 87.2 Å². The predicted molar refractivity (Wildman–Crippen MR) is 224 cm³/mol. The maximum atomic E-state index is 12.9. The summed E-state index contributed by atoms with van der Waals surface area (Å²) in [5.41, 5.74) is 2.13. The molecule has 10 rings (SSSR count). The third kappa shape index (κ3) is 4.89. The first-order valence-corrected chi connectivity index (χ1v) is 18.5. The molecule has 10 aromatic carbocycles. The van der Waals surface area contributed by atoms with Gasteiger partial charge in [0.1, 0.15) is 11.2 Å². The summed E-state index contributed by atoms with van der Waals surface area (Å²) in [4.78, 5) is 0. The molecule has 0 spiro atoms. The number of hydrogen-bond acceptors (Lipinski definition) is 2. The number of rotatable bonds is 6. The van der Waals surface area contributed by atoms with Crippen LogP contribution in [0.2, 0.25) is 0 Å². The Balaban J connectivity index is 1.31. The summed E-state index contributed by atoms with van der Waals surface area (Å²) in [6.45, 7) is 0. The fraction of sp³-hybridized carbons (Fsp3) is 0.0385. The molecule has 54 heavy (non-hydrogen) atoms. The van der Waals surface area contributed by atoms with Crippen molar-refractivity contribution in [3.8, 4) is 0 Å². The van der Waals surface area contributed by atoms with E-state index in [1.54, 1.807) is 0 Å². The third-order valence-corrected chi connectivity index (χ3v) is 11.4. The molecule has 2 N–H and O–H groups in total. The first-order valence-electron chi connectivity index (χ1n) is 18.5. The highest BCUT2D eigenvalue weighted by Gasteiger charge is 2.35. The number of hydrogen-bond donors (Lipinski definition) is 2. The Bertz CT molecular complexity index is 2700. The molecule has 2 nitrogen and oxygen atoms in total. The minimum atomic E-state index is -1.37. The lowest BCUT2D eigenvalue weighted by molar-refractivity contribution is 0.125. The Hall–Kier alpha value is -6.58. The van der Waals surface area contributed by atoms with Crippen molar-refractivity contribution >= 4 is 53.9 Å². The number of aliphatic hydroxyl groups is 2. The zero-order valence-corrected chi connectivity index (χ0v) is 29.5. The molecule has 0 bridgehead atoms. The zero-order valence-electron chi connectivity index (χ0n) is 29.5. The maximum absolute atomic E-state index is 12.9. The van der Waals surface area contributed by atoms with Gasteiger partial charge in [0.15, 0.2) is 0 Å². The lowest BCUT2D eigenvalue weighted by atomic mass is 9.79. The molecule has 0 saturated carbocycles. The van der Waals surface area contributed by atoms with Crippen molar-refractivity contribution in [3.05, 3.63) is 240 Å². The van der Waals surface area contributed by atoms with Gasteiger partial charge in [-0.1, -0.05) is 194 Å². The summed E-state index contributed by atoms with van der Waals surface area (Å²) in [5.74, 6) is 0. The molecule has 0 aliphatic carbocycles. The summed E-state index contributed by atoms with van der Waals surface area (Å²) in [6.07, 6.45) is 0. The van der Waals surface area contributed by atoms with E-state index in [-0.39, 0.29) is 0 Å². The van der Waals surface area contributed by atoms with Gasteiger partial charge >= 0.3 is 0 Å². The molecular formula is C52H36O2. The van der Waals surface area contributed by atoms with Gasteiger partial charge in [0.25, 0.3) is 0 Å². The molecule has 0 heterocycles. The van der Waals surface area contributed by atoms with Crippen molar-refractivity contribution in [3.63, 3.8) is 0 Å². The highest BCUT2D eigenvalue weighted by atomic mass is 16.3. The Morgan fingerprint density at radius 2 is 0.500 bits per heavy atom. The predicted octanol–water partition coefficient (Wildman–Crippen LogP) is 12.0. The van der Waals surface area contributed by atoms with Gasteiger partial charge in [0, 0.05) is 0 Å². The molecule has 10 aromatic rings. The lowest BCUT2D eigenvalue weighted by Gasteiger charge is -2.30. The molecule has 0 unspecified atom stereocenters. The molecular weight excluding hydrogens is 657 g/mol. The standard InChI is InChI=1S/C52H36O2/c53-51(40-13-5-1-6-14-40,41-15-7-2-8-16-41)44-31-29-35-21-23-37-25-27-39-28-26-38-24-22-36-30-32-45(34-47(36)49(38)50(39)48(37)46(35)33-44)52(54,42-17-9-3-10-18-42)43-19-11-4-12-20-43/h1-34,53-54H. The molecule has 0 atom stereocenters. The first kappa shape index (κ1) is 32.1. The molecule has 0 radical (unpaired) electrons. The van der Waals surface area contributed by atoms with Gasteiger partial charge in [-0.25, -0.2) is 0 Å². The second kappa shape index (κ2) is 12.5. The molecule has 256 valence electrons. The molecule has 0 aliphatic rings. The Kier molecular flexibility index (Phi) is 7.45. The smallest absolute Gasteiger partial charge is 0.140 e. The average Bonchev–Trinajstić information content (AvgIpc) is 3.26. The fourth-order valence-electron chi connectivity index (χ4n) is 8.67. The van der Waals surface area contributed by atoms with Crippen LogP contribution in [0.4, 0.5) is 0 Å². The normalized spacial score (nSPS) is 12.3. The second-order valence-corrected chi connectivity index (χ2v) is 14.3. The van der Waals surface area contributed by atoms with E-state index in [9.17, 15) is 10.2 Å². The van der Waals surface area contributed by atoms with Crippen molar-refractivity contribution in [2.24, 2.45) is 0 Å². The summed E-state index contributed by atoms with van der Waals surface area (Å²) < 4.78 is 0. The van der Waals surface area contributed by atoms with Gasteiger partial charge in [-0.2, -0.15) is 0 Å². The molecule has 2 heteroatoms. The van der Waals surface area contributed by atoms with Gasteiger partial charge in [0.2, 0.25) is 0 Å². The van der Waals surface area contributed by atoms with Gasteiger partial charge in [-0.15, -0.1) is 0 Å². The van der Waals surface area contributed by atoms with Crippen molar-refractivity contribution < 1.29 is 10.2 Å². The van der Waals surface area contributed by atoms with Crippen LogP contribution < -0.4 is 0 Å². The van der Waals surface area contributed by atoms with Crippen LogP contribution in [0.5, 0.6) is 0 Å². The molecule has 0 saturated heterocycles. The summed E-state index contributed by atoms with van der Waals surface area (Å²) in [5, 5.41) is 36.9. The third-order valence-electron chi connectivity index (χ3n) is 11.4. The van der Waals surface area contributed by atoms with Crippen molar-refractivity contribution in [1.82, 2.24) is 0 Å². The van der Waals surface area contributed by atoms with Crippen LogP contribution in [0.1, 0.15) is 33.4 Å². The van der Waals surface area contributed by atoms with Crippen LogP contribution in [0.25, 0.3) is 53.9 Å². The average molecular weight is 693 g/mol. The number of fused-ring (bicyclic) bond motifs is 9. The van der Waals surface area contributed by atoms with Crippen molar-refractivity contribution in [2.45, 2.75) is 11.2 Å². The van der Waals surface area contributed by atoms with Crippen LogP contribution in [0.3, 0.4) is 0 Å². The van der Waals surface area contributed by atoms with Gasteiger partial charge in [-0.3, -0.25) is 0 Å². The zero-order chi connectivity index (χ0) is 36.3. The quantitative estimate of drug-likeness (QED) is 0.135. The van der Waals surface area contributed by atoms with E-state index < -0.39 is 11.2 Å². The van der Waals surface area contributed by atoms with E-state index in [0.29, 0.717) is 0 Å². The highest BCUT2D eigenvalue weighted by molar-refractivity contribution is 6.32. The van der Waals surface area contributed by atoms with Crippen molar-refractivity contribution in [1.29, 1.82) is 0 Å². The van der Waals surface area contributed by atoms with Crippen molar-refractivity contribution in [2.75, 3.05) is 0 Å². The largest absolute Gasteiger partial charge is 0.376 e. The van der Waals surface area contributed by atoms with Crippen LogP contribution in [-0.2, 0) is 11.2 Å². The number of benzene rings is 10. The first-order chi connectivity index (χ1) is 26.5. The molecule has 0 amide bonds. The summed E-state index contributed by atoms with van der Waals surface area (Å²) in [6, 6.07) is 70.2. The minimum Gasteiger partial charge on any atom is -0.376 e. The SMILES string of the molecule is OC(c1ccccc1)(c1ccccc1)c1ccc2ccc3ccc4ccc5ccc6ccc(C(O)(c7ccccc7)c7ccccc7)cc6c5c4c3c2c1. The molecule has 0 aliphatic heterocycles. The van der Waals surface area contributed by atoms with E-state index in [2.05, 4.69) is 84.9 Å². The van der Waals surface area contributed by atoms with E-state index in [4.69, 9.17) is 0 Å². The van der Waals surface area contributed by atoms with Crippen LogP contribution >= 0.6 is 0 Å². The minimum absolute atomic E-state index is 0.806. The fourth-order valence-corrected chi connectivity index (χ4v) is 8.67. The van der Waals surface area contributed by atoms with E-state index in [1.165, 1.54) is 0 Å². The van der Waals surface area contributed by atoms with Gasteiger partial charge in [0.05, 0.1) is 0 Å². The maximum Gasteiger partial charge on any atom is 0.140 e. The van der Waals surface area contributed by atoms with Crippen LogP contribution in [0.15, 0.2) is 206 Å². The van der Waals surface area contributed by atoms with Crippen LogP contribution in [-0.4, -0.2) is 10.2 Å². The Labute approximate surface area is 313 Å². The molecule has 0 fully saturated rings. The lowest BCUT2D eigenvalue weighted by Crippen LogP contribution is -2.28. The van der Waals surface area contributed by atoms with Gasteiger partial charge in [-0.05, 0) is 99.4 Å². The van der Waals surface area contributed by atoms with Gasteiger partial charge < -0.3 is 10.2 Å².